The standard InChI is InChI=1S/C23H29ClN2O4S/c1-2-30-22-10-4-3-7-18(22)8-5-15-25-23(27)19-9-6-16-26(17-19)31(28,29)21-13-11-20(24)12-14-21/h3-4,7,10-14,19H,2,5-6,8-9,15-17H2,1H3,(H,25,27)/t19-/m0/s1. The first kappa shape index (κ1) is 23.6. The van der Waals surface area contributed by atoms with Gasteiger partial charge in [-0.1, -0.05) is 29.8 Å². The van der Waals surface area contributed by atoms with Gasteiger partial charge in [0.15, 0.2) is 0 Å². The number of aryl methyl sites for hydroxylation is 1. The summed E-state index contributed by atoms with van der Waals surface area (Å²) in [5.41, 5.74) is 1.12. The van der Waals surface area contributed by atoms with Crippen LogP contribution >= 0.6 is 11.6 Å². The summed E-state index contributed by atoms with van der Waals surface area (Å²) in [7, 11) is -3.64. The van der Waals surface area contributed by atoms with Gasteiger partial charge in [0.2, 0.25) is 15.9 Å². The highest BCUT2D eigenvalue weighted by atomic mass is 35.5. The summed E-state index contributed by atoms with van der Waals surface area (Å²) >= 11 is 5.87. The van der Waals surface area contributed by atoms with Crippen LogP contribution in [0.15, 0.2) is 53.4 Å². The van der Waals surface area contributed by atoms with Crippen LogP contribution in [0.25, 0.3) is 0 Å². The van der Waals surface area contributed by atoms with Crippen LogP contribution in [0.4, 0.5) is 0 Å². The highest BCUT2D eigenvalue weighted by Crippen LogP contribution is 2.25. The third-order valence-corrected chi connectivity index (χ3v) is 7.53. The van der Waals surface area contributed by atoms with E-state index in [4.69, 9.17) is 16.3 Å². The third kappa shape index (κ3) is 6.21. The summed E-state index contributed by atoms with van der Waals surface area (Å²) in [6.07, 6.45) is 2.94. The van der Waals surface area contributed by atoms with Crippen molar-refractivity contribution in [3.63, 3.8) is 0 Å². The molecule has 0 saturated carbocycles. The number of carbonyl (C=O) groups is 1. The average Bonchev–Trinajstić information content (AvgIpc) is 2.78. The van der Waals surface area contributed by atoms with Crippen LogP contribution in [0.1, 0.15) is 31.7 Å². The number of amides is 1. The Morgan fingerprint density at radius 3 is 2.68 bits per heavy atom. The molecule has 2 aromatic rings. The Kier molecular flexibility index (Phi) is 8.35. The second-order valence-corrected chi connectivity index (χ2v) is 9.97. The Labute approximate surface area is 189 Å². The number of carbonyl (C=O) groups excluding carboxylic acids is 1. The van der Waals surface area contributed by atoms with Gasteiger partial charge in [-0.3, -0.25) is 4.79 Å². The number of piperidine rings is 1. The van der Waals surface area contributed by atoms with E-state index in [1.165, 1.54) is 16.4 Å². The van der Waals surface area contributed by atoms with E-state index in [-0.39, 0.29) is 23.3 Å². The van der Waals surface area contributed by atoms with Gasteiger partial charge < -0.3 is 10.1 Å². The molecular weight excluding hydrogens is 436 g/mol. The van der Waals surface area contributed by atoms with Crippen molar-refractivity contribution >= 4 is 27.5 Å². The molecule has 3 rings (SSSR count). The fourth-order valence-electron chi connectivity index (χ4n) is 3.77. The number of halogens is 1. The summed E-state index contributed by atoms with van der Waals surface area (Å²) in [6.45, 7) is 3.73. The first-order chi connectivity index (χ1) is 14.9. The lowest BCUT2D eigenvalue weighted by molar-refractivity contribution is -0.126. The Morgan fingerprint density at radius 2 is 1.94 bits per heavy atom. The lowest BCUT2D eigenvalue weighted by Gasteiger charge is -2.31. The number of hydrogen-bond acceptors (Lipinski definition) is 4. The molecule has 0 aromatic heterocycles. The van der Waals surface area contributed by atoms with Crippen molar-refractivity contribution in [3.05, 3.63) is 59.1 Å². The molecule has 1 N–H and O–H groups in total. The zero-order valence-corrected chi connectivity index (χ0v) is 19.3. The van der Waals surface area contributed by atoms with Gasteiger partial charge in [-0.25, -0.2) is 8.42 Å². The van der Waals surface area contributed by atoms with Crippen LogP contribution < -0.4 is 10.1 Å². The first-order valence-corrected chi connectivity index (χ1v) is 12.5. The molecule has 0 aliphatic carbocycles. The molecule has 1 atom stereocenters. The maximum Gasteiger partial charge on any atom is 0.243 e. The zero-order chi connectivity index (χ0) is 22.3. The summed E-state index contributed by atoms with van der Waals surface area (Å²) in [4.78, 5) is 12.9. The van der Waals surface area contributed by atoms with Gasteiger partial charge in [-0.05, 0) is 68.5 Å². The number of ether oxygens (including phenoxy) is 1. The highest BCUT2D eigenvalue weighted by Gasteiger charge is 2.33. The summed E-state index contributed by atoms with van der Waals surface area (Å²) in [6, 6.07) is 14.0. The van der Waals surface area contributed by atoms with Crippen molar-refractivity contribution in [3.8, 4) is 5.75 Å². The van der Waals surface area contributed by atoms with Gasteiger partial charge in [0.1, 0.15) is 5.75 Å². The van der Waals surface area contributed by atoms with Gasteiger partial charge in [-0.2, -0.15) is 4.31 Å². The van der Waals surface area contributed by atoms with E-state index in [0.717, 1.165) is 24.2 Å². The van der Waals surface area contributed by atoms with Gasteiger partial charge in [0.25, 0.3) is 0 Å². The van der Waals surface area contributed by atoms with Crippen LogP contribution in [-0.2, 0) is 21.2 Å². The molecule has 0 spiro atoms. The van der Waals surface area contributed by atoms with Crippen molar-refractivity contribution in [1.29, 1.82) is 0 Å². The molecule has 8 heteroatoms. The Balaban J connectivity index is 1.51. The predicted octanol–water partition coefficient (Wildman–Crippen LogP) is 3.89. The molecule has 1 heterocycles. The van der Waals surface area contributed by atoms with Gasteiger partial charge in [0.05, 0.1) is 17.4 Å². The summed E-state index contributed by atoms with van der Waals surface area (Å²) in [5.74, 6) is 0.451. The van der Waals surface area contributed by atoms with Gasteiger partial charge in [-0.15, -0.1) is 0 Å². The van der Waals surface area contributed by atoms with Crippen molar-refractivity contribution < 1.29 is 17.9 Å². The number of hydrogen-bond donors (Lipinski definition) is 1. The Hall–Kier alpha value is -2.09. The number of sulfonamides is 1. The second kappa shape index (κ2) is 11.0. The maximum absolute atomic E-state index is 12.9. The lowest BCUT2D eigenvalue weighted by atomic mass is 9.99. The topological polar surface area (TPSA) is 75.7 Å². The lowest BCUT2D eigenvalue weighted by Crippen LogP contribution is -2.45. The minimum Gasteiger partial charge on any atom is -0.494 e. The smallest absolute Gasteiger partial charge is 0.243 e. The molecule has 31 heavy (non-hydrogen) atoms. The van der Waals surface area contributed by atoms with E-state index in [1.807, 2.05) is 31.2 Å². The van der Waals surface area contributed by atoms with E-state index in [2.05, 4.69) is 5.32 Å². The van der Waals surface area contributed by atoms with Crippen LogP contribution in [0, 0.1) is 5.92 Å². The van der Waals surface area contributed by atoms with E-state index in [1.54, 1.807) is 12.1 Å². The van der Waals surface area contributed by atoms with Crippen LogP contribution in [0.5, 0.6) is 5.75 Å². The quantitative estimate of drug-likeness (QED) is 0.571. The molecule has 1 aliphatic rings. The normalized spacial score (nSPS) is 17.3. The van der Waals surface area contributed by atoms with Gasteiger partial charge in [0, 0.05) is 24.7 Å². The molecule has 168 valence electrons. The fraction of sp³-hybridized carbons (Fsp3) is 0.435. The molecule has 2 aromatic carbocycles. The zero-order valence-electron chi connectivity index (χ0n) is 17.7. The van der Waals surface area contributed by atoms with E-state index < -0.39 is 10.0 Å². The molecule has 0 bridgehead atoms. The SMILES string of the molecule is CCOc1ccccc1CCCNC(=O)[C@H]1CCCN(S(=O)(=O)c2ccc(Cl)cc2)C1. The first-order valence-electron chi connectivity index (χ1n) is 10.7. The van der Waals surface area contributed by atoms with Crippen molar-refractivity contribution in [2.45, 2.75) is 37.5 Å². The largest absolute Gasteiger partial charge is 0.494 e. The van der Waals surface area contributed by atoms with E-state index in [0.29, 0.717) is 37.6 Å². The molecule has 0 radical (unpaired) electrons. The Morgan fingerprint density at radius 1 is 1.19 bits per heavy atom. The molecule has 1 fully saturated rings. The molecule has 6 nitrogen and oxygen atoms in total. The predicted molar refractivity (Wildman–Crippen MR) is 122 cm³/mol. The van der Waals surface area contributed by atoms with E-state index in [9.17, 15) is 13.2 Å². The van der Waals surface area contributed by atoms with Crippen molar-refractivity contribution in [1.82, 2.24) is 9.62 Å². The number of para-hydroxylation sites is 1. The molecular formula is C23H29ClN2O4S. The maximum atomic E-state index is 12.9. The number of nitrogens with zero attached hydrogens (tertiary/aromatic N) is 1. The number of rotatable bonds is 9. The number of benzene rings is 2. The fourth-order valence-corrected chi connectivity index (χ4v) is 5.42. The molecule has 0 unspecified atom stereocenters. The van der Waals surface area contributed by atoms with Crippen LogP contribution in [-0.4, -0.2) is 44.9 Å². The highest BCUT2D eigenvalue weighted by molar-refractivity contribution is 7.89. The minimum atomic E-state index is -3.64. The molecule has 1 amide bonds. The molecule has 1 aliphatic heterocycles. The second-order valence-electron chi connectivity index (χ2n) is 7.59. The van der Waals surface area contributed by atoms with E-state index >= 15 is 0 Å². The van der Waals surface area contributed by atoms with Crippen molar-refractivity contribution in [2.75, 3.05) is 26.2 Å². The average molecular weight is 465 g/mol. The molecule has 1 saturated heterocycles. The third-order valence-electron chi connectivity index (χ3n) is 5.40. The monoisotopic (exact) mass is 464 g/mol. The summed E-state index contributed by atoms with van der Waals surface area (Å²) < 4.78 is 32.9. The van der Waals surface area contributed by atoms with Crippen LogP contribution in [0.3, 0.4) is 0 Å². The van der Waals surface area contributed by atoms with Gasteiger partial charge >= 0.3 is 0 Å². The van der Waals surface area contributed by atoms with Crippen LogP contribution in [0.2, 0.25) is 5.02 Å². The number of nitrogens with one attached hydrogen (secondary N) is 1. The summed E-state index contributed by atoms with van der Waals surface area (Å²) in [5, 5.41) is 3.46. The van der Waals surface area contributed by atoms with Crippen molar-refractivity contribution in [2.24, 2.45) is 5.92 Å². The Bertz CT molecular complexity index is 979. The minimum absolute atomic E-state index is 0.0888.